The molecule has 0 atom stereocenters. The van der Waals surface area contributed by atoms with Gasteiger partial charge in [0.15, 0.2) is 0 Å². The van der Waals surface area contributed by atoms with Crippen LogP contribution >= 0.6 is 0 Å². The maximum atomic E-state index is 2.35. The van der Waals surface area contributed by atoms with Gasteiger partial charge in [-0.05, 0) is 69.8 Å². The van der Waals surface area contributed by atoms with E-state index >= 15 is 0 Å². The van der Waals surface area contributed by atoms with Crippen LogP contribution in [-0.4, -0.2) is 0 Å². The third-order valence-electron chi connectivity index (χ3n) is 5.52. The van der Waals surface area contributed by atoms with Crippen molar-refractivity contribution in [2.75, 3.05) is 0 Å². The molecular formula is C24H26. The maximum Gasteiger partial charge on any atom is -0.00170 e. The fourth-order valence-corrected chi connectivity index (χ4v) is 4.48. The SMILES string of the molecule is CCCc1c2c(c(CCC)c3ccccc13)Cc1ccccc1C2. The second kappa shape index (κ2) is 6.43. The summed E-state index contributed by atoms with van der Waals surface area (Å²) < 4.78 is 0. The van der Waals surface area contributed by atoms with Crippen LogP contribution in [0.5, 0.6) is 0 Å². The van der Waals surface area contributed by atoms with Gasteiger partial charge in [0.1, 0.15) is 0 Å². The van der Waals surface area contributed by atoms with Gasteiger partial charge in [-0.25, -0.2) is 0 Å². The van der Waals surface area contributed by atoms with Crippen LogP contribution in [0.1, 0.15) is 60.1 Å². The van der Waals surface area contributed by atoms with Gasteiger partial charge in [-0.15, -0.1) is 0 Å². The first-order valence-corrected chi connectivity index (χ1v) is 9.44. The van der Waals surface area contributed by atoms with Crippen LogP contribution < -0.4 is 0 Å². The van der Waals surface area contributed by atoms with Crippen molar-refractivity contribution in [1.82, 2.24) is 0 Å². The zero-order valence-electron chi connectivity index (χ0n) is 14.9. The molecule has 24 heavy (non-hydrogen) atoms. The van der Waals surface area contributed by atoms with Gasteiger partial charge in [-0.2, -0.15) is 0 Å². The van der Waals surface area contributed by atoms with E-state index in [0.717, 1.165) is 12.8 Å². The maximum absolute atomic E-state index is 2.35. The second-order valence-corrected chi connectivity index (χ2v) is 7.08. The van der Waals surface area contributed by atoms with Crippen LogP contribution in [0.15, 0.2) is 48.5 Å². The summed E-state index contributed by atoms with van der Waals surface area (Å²) >= 11 is 0. The molecular weight excluding hydrogens is 288 g/mol. The van der Waals surface area contributed by atoms with Crippen LogP contribution in [0.4, 0.5) is 0 Å². The van der Waals surface area contributed by atoms with Crippen LogP contribution in [0.3, 0.4) is 0 Å². The first kappa shape index (κ1) is 15.4. The second-order valence-electron chi connectivity index (χ2n) is 7.08. The summed E-state index contributed by atoms with van der Waals surface area (Å²) in [4.78, 5) is 0. The van der Waals surface area contributed by atoms with E-state index in [1.165, 1.54) is 47.6 Å². The zero-order chi connectivity index (χ0) is 16.5. The number of hydrogen-bond donors (Lipinski definition) is 0. The fourth-order valence-electron chi connectivity index (χ4n) is 4.48. The van der Waals surface area contributed by atoms with E-state index in [2.05, 4.69) is 62.4 Å². The first-order chi connectivity index (χ1) is 11.8. The van der Waals surface area contributed by atoms with Crippen molar-refractivity contribution in [3.05, 3.63) is 81.9 Å². The summed E-state index contributed by atoms with van der Waals surface area (Å²) in [6.45, 7) is 4.61. The Kier molecular flexibility index (Phi) is 4.14. The third-order valence-corrected chi connectivity index (χ3v) is 5.52. The molecule has 0 N–H and O–H groups in total. The number of hydrogen-bond acceptors (Lipinski definition) is 0. The molecule has 0 fully saturated rings. The predicted octanol–water partition coefficient (Wildman–Crippen LogP) is 6.24. The molecule has 1 aliphatic carbocycles. The largest absolute Gasteiger partial charge is 0.0651 e. The molecule has 0 heteroatoms. The van der Waals surface area contributed by atoms with E-state index in [1.54, 1.807) is 22.3 Å². The van der Waals surface area contributed by atoms with Gasteiger partial charge in [0, 0.05) is 0 Å². The molecule has 0 spiro atoms. The van der Waals surface area contributed by atoms with Crippen molar-refractivity contribution in [3.8, 4) is 0 Å². The summed E-state index contributed by atoms with van der Waals surface area (Å²) in [5.74, 6) is 0. The lowest BCUT2D eigenvalue weighted by atomic mass is 9.77. The molecule has 3 aromatic rings. The number of benzene rings is 3. The Morgan fingerprint density at radius 2 is 1.04 bits per heavy atom. The topological polar surface area (TPSA) is 0 Å². The monoisotopic (exact) mass is 314 g/mol. The highest BCUT2D eigenvalue weighted by Crippen LogP contribution is 2.38. The van der Waals surface area contributed by atoms with Crippen LogP contribution in [0.2, 0.25) is 0 Å². The summed E-state index contributed by atoms with van der Waals surface area (Å²) in [6, 6.07) is 18.1. The fraction of sp³-hybridized carbons (Fsp3) is 0.333. The van der Waals surface area contributed by atoms with Crippen molar-refractivity contribution in [2.45, 2.75) is 52.4 Å². The average Bonchev–Trinajstić information content (AvgIpc) is 2.63. The normalized spacial score (nSPS) is 12.9. The van der Waals surface area contributed by atoms with Gasteiger partial charge in [0.2, 0.25) is 0 Å². The molecule has 0 nitrogen and oxygen atoms in total. The minimum atomic E-state index is 1.11. The standard InChI is InChI=1S/C24H26/c1-3-9-19-21-13-7-8-14-22(21)20(10-4-2)24-16-18-12-6-5-11-17(18)15-23(19)24/h5-8,11-14H,3-4,9-10,15-16H2,1-2H3. The summed E-state index contributed by atoms with van der Waals surface area (Å²) in [7, 11) is 0. The summed E-state index contributed by atoms with van der Waals surface area (Å²) in [5, 5.41) is 3.00. The highest BCUT2D eigenvalue weighted by atomic mass is 14.3. The quantitative estimate of drug-likeness (QED) is 0.418. The minimum Gasteiger partial charge on any atom is -0.0651 e. The van der Waals surface area contributed by atoms with Crippen LogP contribution in [0.25, 0.3) is 10.8 Å². The average molecular weight is 314 g/mol. The van der Waals surface area contributed by atoms with Gasteiger partial charge >= 0.3 is 0 Å². The van der Waals surface area contributed by atoms with Gasteiger partial charge < -0.3 is 0 Å². The molecule has 4 rings (SSSR count). The molecule has 0 aliphatic heterocycles. The van der Waals surface area contributed by atoms with Crippen molar-refractivity contribution in [2.24, 2.45) is 0 Å². The van der Waals surface area contributed by atoms with Crippen LogP contribution in [-0.2, 0) is 25.7 Å². The number of rotatable bonds is 4. The highest BCUT2D eigenvalue weighted by Gasteiger charge is 2.23. The molecule has 0 unspecified atom stereocenters. The van der Waals surface area contributed by atoms with E-state index in [1.807, 2.05) is 0 Å². The van der Waals surface area contributed by atoms with Crippen LogP contribution in [0, 0.1) is 0 Å². The molecule has 0 radical (unpaired) electrons. The Balaban J connectivity index is 2.02. The lowest BCUT2D eigenvalue weighted by Crippen LogP contribution is -2.14. The minimum absolute atomic E-state index is 1.11. The molecule has 0 heterocycles. The predicted molar refractivity (Wildman–Crippen MR) is 104 cm³/mol. The first-order valence-electron chi connectivity index (χ1n) is 9.44. The van der Waals surface area contributed by atoms with E-state index in [0.29, 0.717) is 0 Å². The molecule has 0 saturated carbocycles. The van der Waals surface area contributed by atoms with Gasteiger partial charge in [-0.1, -0.05) is 75.2 Å². The Morgan fingerprint density at radius 1 is 0.625 bits per heavy atom. The third kappa shape index (κ3) is 2.45. The molecule has 1 aliphatic rings. The Hall–Kier alpha value is -2.08. The van der Waals surface area contributed by atoms with Gasteiger partial charge in [-0.3, -0.25) is 0 Å². The Morgan fingerprint density at radius 3 is 1.46 bits per heavy atom. The molecule has 0 aromatic heterocycles. The van der Waals surface area contributed by atoms with E-state index < -0.39 is 0 Å². The Bertz CT molecular complexity index is 812. The molecule has 122 valence electrons. The lowest BCUT2D eigenvalue weighted by molar-refractivity contribution is 0.863. The summed E-state index contributed by atoms with van der Waals surface area (Å²) in [6.07, 6.45) is 7.04. The van der Waals surface area contributed by atoms with Gasteiger partial charge in [0.05, 0.1) is 0 Å². The smallest absolute Gasteiger partial charge is 0.00170 e. The van der Waals surface area contributed by atoms with E-state index in [-0.39, 0.29) is 0 Å². The number of fused-ring (bicyclic) bond motifs is 3. The molecule has 0 bridgehead atoms. The van der Waals surface area contributed by atoms with Crippen molar-refractivity contribution in [1.29, 1.82) is 0 Å². The Labute approximate surface area is 145 Å². The molecule has 0 saturated heterocycles. The number of aryl methyl sites for hydroxylation is 2. The molecule has 3 aromatic carbocycles. The van der Waals surface area contributed by atoms with Crippen molar-refractivity contribution in [3.63, 3.8) is 0 Å². The summed E-state index contributed by atoms with van der Waals surface area (Å²) in [5.41, 5.74) is 9.55. The van der Waals surface area contributed by atoms with Crippen molar-refractivity contribution < 1.29 is 0 Å². The van der Waals surface area contributed by atoms with Gasteiger partial charge in [0.25, 0.3) is 0 Å². The van der Waals surface area contributed by atoms with E-state index in [9.17, 15) is 0 Å². The van der Waals surface area contributed by atoms with Crippen molar-refractivity contribution >= 4 is 10.8 Å². The highest BCUT2D eigenvalue weighted by molar-refractivity contribution is 5.92. The zero-order valence-corrected chi connectivity index (χ0v) is 14.9. The lowest BCUT2D eigenvalue weighted by Gasteiger charge is -2.27. The van der Waals surface area contributed by atoms with E-state index in [4.69, 9.17) is 0 Å². The molecule has 0 amide bonds.